The highest BCUT2D eigenvalue weighted by molar-refractivity contribution is 6.00. The van der Waals surface area contributed by atoms with Crippen molar-refractivity contribution >= 4 is 17.5 Å². The fraction of sp³-hybridized carbons (Fsp3) is 0.619. The minimum atomic E-state index is -0.253. The second-order valence-electron chi connectivity index (χ2n) is 7.32. The van der Waals surface area contributed by atoms with Crippen molar-refractivity contribution in [3.05, 3.63) is 29.3 Å². The van der Waals surface area contributed by atoms with Crippen LogP contribution in [-0.4, -0.2) is 38.1 Å². The Bertz CT molecular complexity index is 644. The molecule has 1 saturated heterocycles. The molecule has 2 aliphatic rings. The van der Waals surface area contributed by atoms with Gasteiger partial charge in [-0.1, -0.05) is 19.4 Å². The minimum Gasteiger partial charge on any atom is -0.381 e. The molecule has 1 fully saturated rings. The number of aryl methyl sites for hydroxylation is 2. The molecule has 0 spiro atoms. The van der Waals surface area contributed by atoms with Crippen molar-refractivity contribution in [1.29, 1.82) is 0 Å². The van der Waals surface area contributed by atoms with Crippen LogP contribution in [0.15, 0.2) is 18.2 Å². The number of nitrogens with zero attached hydrogens (tertiary/aromatic N) is 1. The molecule has 142 valence electrons. The number of fused-ring (bicyclic) bond motifs is 1. The second kappa shape index (κ2) is 9.17. The monoisotopic (exact) mass is 358 g/mol. The number of anilines is 1. The van der Waals surface area contributed by atoms with E-state index in [0.717, 1.165) is 44.4 Å². The molecule has 26 heavy (non-hydrogen) atoms. The largest absolute Gasteiger partial charge is 0.381 e. The summed E-state index contributed by atoms with van der Waals surface area (Å²) in [4.78, 5) is 26.5. The van der Waals surface area contributed by atoms with Gasteiger partial charge in [0, 0.05) is 38.4 Å². The number of amides is 2. The summed E-state index contributed by atoms with van der Waals surface area (Å²) in [6.45, 7) is 4.69. The van der Waals surface area contributed by atoms with Gasteiger partial charge >= 0.3 is 0 Å². The highest BCUT2D eigenvalue weighted by Gasteiger charge is 2.35. The minimum absolute atomic E-state index is 0.0180. The van der Waals surface area contributed by atoms with Gasteiger partial charge in [0.15, 0.2) is 0 Å². The number of carbonyl (C=O) groups excluding carboxylic acids is 2. The van der Waals surface area contributed by atoms with Crippen LogP contribution in [0.1, 0.15) is 50.2 Å². The van der Waals surface area contributed by atoms with Crippen LogP contribution in [0.5, 0.6) is 0 Å². The summed E-state index contributed by atoms with van der Waals surface area (Å²) in [7, 11) is 0. The molecule has 5 nitrogen and oxygen atoms in total. The van der Waals surface area contributed by atoms with Crippen LogP contribution in [0.2, 0.25) is 0 Å². The molecule has 2 amide bonds. The lowest BCUT2D eigenvalue weighted by atomic mass is 10.1. The Labute approximate surface area is 156 Å². The summed E-state index contributed by atoms with van der Waals surface area (Å²) >= 11 is 0. The first-order valence-electron chi connectivity index (χ1n) is 9.96. The Hall–Kier alpha value is -1.88. The lowest BCUT2D eigenvalue weighted by molar-refractivity contribution is -0.126. The van der Waals surface area contributed by atoms with Crippen LogP contribution in [0.25, 0.3) is 0 Å². The van der Waals surface area contributed by atoms with Crippen LogP contribution in [0, 0.1) is 5.92 Å². The Balaban J connectivity index is 1.44. The van der Waals surface area contributed by atoms with Gasteiger partial charge in [-0.05, 0) is 55.4 Å². The summed E-state index contributed by atoms with van der Waals surface area (Å²) < 4.78 is 5.50. The summed E-state index contributed by atoms with van der Waals surface area (Å²) in [5, 5.41) is 2.95. The topological polar surface area (TPSA) is 58.6 Å². The van der Waals surface area contributed by atoms with E-state index in [9.17, 15) is 9.59 Å². The van der Waals surface area contributed by atoms with Crippen LogP contribution in [0.3, 0.4) is 0 Å². The SMILES string of the molecule is CCCCOCCCNC(=O)C1CC(=O)N(c2ccc3c(c2)CCC3)C1. The molecule has 1 N–H and O–H groups in total. The van der Waals surface area contributed by atoms with E-state index < -0.39 is 0 Å². The number of hydrogen-bond acceptors (Lipinski definition) is 3. The molecule has 1 aromatic carbocycles. The van der Waals surface area contributed by atoms with Gasteiger partial charge in [0.2, 0.25) is 11.8 Å². The van der Waals surface area contributed by atoms with E-state index in [-0.39, 0.29) is 17.7 Å². The summed E-state index contributed by atoms with van der Waals surface area (Å²) in [6, 6.07) is 6.29. The molecule has 1 heterocycles. The maximum Gasteiger partial charge on any atom is 0.227 e. The molecule has 1 atom stereocenters. The van der Waals surface area contributed by atoms with Crippen LogP contribution < -0.4 is 10.2 Å². The lowest BCUT2D eigenvalue weighted by Crippen LogP contribution is -2.33. The summed E-state index contributed by atoms with van der Waals surface area (Å²) in [5.41, 5.74) is 3.69. The third-order valence-electron chi connectivity index (χ3n) is 5.30. The number of hydrogen-bond donors (Lipinski definition) is 1. The van der Waals surface area contributed by atoms with Gasteiger partial charge in [-0.25, -0.2) is 0 Å². The third kappa shape index (κ3) is 4.64. The molecular formula is C21H30N2O3. The zero-order chi connectivity index (χ0) is 18.4. The van der Waals surface area contributed by atoms with Gasteiger partial charge in [0.25, 0.3) is 0 Å². The van der Waals surface area contributed by atoms with Crippen LogP contribution in [0.4, 0.5) is 5.69 Å². The number of ether oxygens (including phenoxy) is 1. The number of unbranched alkanes of at least 4 members (excludes halogenated alkanes) is 1. The van der Waals surface area contributed by atoms with Gasteiger partial charge in [-0.2, -0.15) is 0 Å². The van der Waals surface area contributed by atoms with Gasteiger partial charge in [0.1, 0.15) is 0 Å². The summed E-state index contributed by atoms with van der Waals surface area (Å²) in [6.07, 6.45) is 6.74. The maximum atomic E-state index is 12.4. The highest BCUT2D eigenvalue weighted by atomic mass is 16.5. The van der Waals surface area contributed by atoms with Crippen molar-refractivity contribution in [2.75, 3.05) is 31.2 Å². The normalized spacial score (nSPS) is 19.0. The average Bonchev–Trinajstić information content (AvgIpc) is 3.26. The molecule has 1 aliphatic carbocycles. The van der Waals surface area contributed by atoms with Crippen molar-refractivity contribution < 1.29 is 14.3 Å². The van der Waals surface area contributed by atoms with Crippen molar-refractivity contribution in [2.24, 2.45) is 5.92 Å². The second-order valence-corrected chi connectivity index (χ2v) is 7.32. The maximum absolute atomic E-state index is 12.4. The van der Waals surface area contributed by atoms with Crippen molar-refractivity contribution in [3.63, 3.8) is 0 Å². The van der Waals surface area contributed by atoms with Crippen molar-refractivity contribution in [2.45, 2.75) is 51.9 Å². The Morgan fingerprint density at radius 3 is 2.88 bits per heavy atom. The average molecular weight is 358 g/mol. The molecule has 1 aliphatic heterocycles. The van der Waals surface area contributed by atoms with E-state index in [4.69, 9.17) is 4.74 Å². The standard InChI is InChI=1S/C21H30N2O3/c1-2-3-11-26-12-5-10-22-21(25)18-14-20(24)23(15-18)19-9-8-16-6-4-7-17(16)13-19/h8-9,13,18H,2-7,10-12,14-15H2,1H3,(H,22,25). The van der Waals surface area contributed by atoms with E-state index >= 15 is 0 Å². The molecule has 3 rings (SSSR count). The van der Waals surface area contributed by atoms with Crippen LogP contribution in [-0.2, 0) is 27.2 Å². The molecule has 5 heteroatoms. The van der Waals surface area contributed by atoms with E-state index in [1.165, 1.54) is 17.5 Å². The zero-order valence-corrected chi connectivity index (χ0v) is 15.8. The molecule has 0 radical (unpaired) electrons. The first kappa shape index (κ1) is 18.9. The number of carbonyl (C=O) groups is 2. The smallest absolute Gasteiger partial charge is 0.227 e. The number of rotatable bonds is 9. The van der Waals surface area contributed by atoms with Crippen molar-refractivity contribution in [1.82, 2.24) is 5.32 Å². The Morgan fingerprint density at radius 1 is 1.23 bits per heavy atom. The Kier molecular flexibility index (Phi) is 6.67. The Morgan fingerprint density at radius 2 is 2.04 bits per heavy atom. The molecule has 1 aromatic rings. The third-order valence-corrected chi connectivity index (χ3v) is 5.30. The molecule has 0 bridgehead atoms. The van der Waals surface area contributed by atoms with Crippen molar-refractivity contribution in [3.8, 4) is 0 Å². The first-order valence-corrected chi connectivity index (χ1v) is 9.96. The van der Waals surface area contributed by atoms with E-state index in [0.29, 0.717) is 26.1 Å². The fourth-order valence-corrected chi connectivity index (χ4v) is 3.74. The van der Waals surface area contributed by atoms with E-state index in [1.54, 1.807) is 4.90 Å². The summed E-state index contributed by atoms with van der Waals surface area (Å²) in [5.74, 6) is -0.224. The van der Waals surface area contributed by atoms with Gasteiger partial charge < -0.3 is 15.0 Å². The fourth-order valence-electron chi connectivity index (χ4n) is 3.74. The number of benzene rings is 1. The molecule has 1 unspecified atom stereocenters. The lowest BCUT2D eigenvalue weighted by Gasteiger charge is -2.18. The quantitative estimate of drug-likeness (QED) is 0.691. The molecule has 0 saturated carbocycles. The zero-order valence-electron chi connectivity index (χ0n) is 15.8. The van der Waals surface area contributed by atoms with Gasteiger partial charge in [-0.3, -0.25) is 9.59 Å². The molecule has 0 aromatic heterocycles. The van der Waals surface area contributed by atoms with Gasteiger partial charge in [0.05, 0.1) is 5.92 Å². The van der Waals surface area contributed by atoms with E-state index in [1.807, 2.05) is 6.07 Å². The predicted octanol–water partition coefficient (Wildman–Crippen LogP) is 2.85. The van der Waals surface area contributed by atoms with E-state index in [2.05, 4.69) is 24.4 Å². The number of nitrogens with one attached hydrogen (secondary N) is 1. The first-order chi connectivity index (χ1) is 12.7. The molecular weight excluding hydrogens is 328 g/mol. The van der Waals surface area contributed by atoms with Gasteiger partial charge in [-0.15, -0.1) is 0 Å². The highest BCUT2D eigenvalue weighted by Crippen LogP contribution is 2.30. The predicted molar refractivity (Wildman–Crippen MR) is 102 cm³/mol. The van der Waals surface area contributed by atoms with Crippen LogP contribution >= 0.6 is 0 Å².